The number of halogens is 1. The molecule has 1 aliphatic heterocycles. The molecule has 32 heavy (non-hydrogen) atoms. The van der Waals surface area contributed by atoms with Crippen molar-refractivity contribution < 1.29 is 19.0 Å². The summed E-state index contributed by atoms with van der Waals surface area (Å²) in [5, 5.41) is 9.33. The molecule has 2 heterocycles. The second kappa shape index (κ2) is 8.38. The predicted molar refractivity (Wildman–Crippen MR) is 120 cm³/mol. The summed E-state index contributed by atoms with van der Waals surface area (Å²) in [5.74, 6) is 0.157. The Morgan fingerprint density at radius 1 is 1.19 bits per heavy atom. The monoisotopic (exact) mass is 431 g/mol. The van der Waals surface area contributed by atoms with Crippen LogP contribution in [0, 0.1) is 18.7 Å². The fourth-order valence-corrected chi connectivity index (χ4v) is 4.83. The fourth-order valence-electron chi connectivity index (χ4n) is 4.83. The first kappa shape index (κ1) is 20.7. The highest BCUT2D eigenvalue weighted by Gasteiger charge is 2.34. The molecule has 3 aromatic rings. The van der Waals surface area contributed by atoms with Crippen molar-refractivity contribution in [3.8, 4) is 16.9 Å². The summed E-state index contributed by atoms with van der Waals surface area (Å²) in [6.45, 7) is 1.96. The zero-order chi connectivity index (χ0) is 22.2. The minimum Gasteiger partial charge on any atom is -0.485 e. The van der Waals surface area contributed by atoms with E-state index >= 15 is 4.39 Å². The summed E-state index contributed by atoms with van der Waals surface area (Å²) in [7, 11) is 0. The molecule has 5 heteroatoms. The molecule has 1 N–H and O–H groups in total. The third-order valence-corrected chi connectivity index (χ3v) is 6.73. The summed E-state index contributed by atoms with van der Waals surface area (Å²) in [6, 6.07) is 13.3. The molecule has 2 atom stereocenters. The summed E-state index contributed by atoms with van der Waals surface area (Å²) in [5.41, 5.74) is 5.46. The number of aromatic nitrogens is 1. The number of pyridine rings is 1. The van der Waals surface area contributed by atoms with Gasteiger partial charge in [-0.1, -0.05) is 24.3 Å². The third-order valence-electron chi connectivity index (χ3n) is 6.73. The number of carboxylic acid groups (broad SMARTS) is 1. The number of ether oxygens (including phenoxy) is 1. The first-order valence-electron chi connectivity index (χ1n) is 11.2. The molecule has 1 aliphatic carbocycles. The number of rotatable bonds is 6. The normalized spacial score (nSPS) is 18.5. The van der Waals surface area contributed by atoms with E-state index in [1.54, 1.807) is 18.5 Å². The van der Waals surface area contributed by atoms with Crippen molar-refractivity contribution in [2.24, 2.45) is 5.92 Å². The lowest BCUT2D eigenvalue weighted by molar-refractivity contribution is -0.137. The topological polar surface area (TPSA) is 59.4 Å². The summed E-state index contributed by atoms with van der Waals surface area (Å²) >= 11 is 0. The molecule has 1 fully saturated rings. The van der Waals surface area contributed by atoms with Gasteiger partial charge in [0.2, 0.25) is 0 Å². The molecular formula is C27H26FNO3. The van der Waals surface area contributed by atoms with Crippen LogP contribution in [-0.4, -0.2) is 16.1 Å². The van der Waals surface area contributed by atoms with Crippen molar-refractivity contribution in [2.75, 3.05) is 0 Å². The van der Waals surface area contributed by atoms with E-state index in [0.29, 0.717) is 17.9 Å². The molecule has 1 aromatic heterocycles. The lowest BCUT2D eigenvalue weighted by Gasteiger charge is -2.28. The number of fused-ring (bicyclic) bond motifs is 1. The van der Waals surface area contributed by atoms with E-state index in [1.165, 1.54) is 0 Å². The van der Waals surface area contributed by atoms with Crippen molar-refractivity contribution in [3.63, 3.8) is 0 Å². The Bertz CT molecular complexity index is 1170. The Morgan fingerprint density at radius 2 is 2.03 bits per heavy atom. The Kier molecular flexibility index (Phi) is 5.41. The Balaban J connectivity index is 1.40. The van der Waals surface area contributed by atoms with Crippen molar-refractivity contribution >= 4 is 5.97 Å². The van der Waals surface area contributed by atoms with Crippen LogP contribution in [0.15, 0.2) is 54.9 Å². The molecule has 2 aliphatic rings. The number of nitrogens with zero attached hydrogens (tertiary/aromatic N) is 1. The predicted octanol–water partition coefficient (Wildman–Crippen LogP) is 6.23. The largest absolute Gasteiger partial charge is 0.485 e. The van der Waals surface area contributed by atoms with E-state index in [4.69, 9.17) is 4.74 Å². The molecule has 0 amide bonds. The molecule has 1 saturated carbocycles. The van der Waals surface area contributed by atoms with E-state index < -0.39 is 5.97 Å². The highest BCUT2D eigenvalue weighted by molar-refractivity contribution is 5.68. The quantitative estimate of drug-likeness (QED) is 0.503. The van der Waals surface area contributed by atoms with Gasteiger partial charge >= 0.3 is 5.97 Å². The highest BCUT2D eigenvalue weighted by atomic mass is 19.1. The summed E-state index contributed by atoms with van der Waals surface area (Å²) in [6.07, 6.45) is 6.93. The van der Waals surface area contributed by atoms with Crippen molar-refractivity contribution in [1.82, 2.24) is 4.98 Å². The zero-order valence-electron chi connectivity index (χ0n) is 18.1. The van der Waals surface area contributed by atoms with Crippen LogP contribution in [-0.2, 0) is 11.2 Å². The second-order valence-electron chi connectivity index (χ2n) is 8.98. The van der Waals surface area contributed by atoms with Crippen LogP contribution in [0.4, 0.5) is 4.39 Å². The maximum Gasteiger partial charge on any atom is 0.303 e. The van der Waals surface area contributed by atoms with Crippen LogP contribution in [0.5, 0.6) is 5.75 Å². The number of benzene rings is 2. The average Bonchev–Trinajstić information content (AvgIpc) is 3.62. The van der Waals surface area contributed by atoms with Crippen LogP contribution in [0.3, 0.4) is 0 Å². The second-order valence-corrected chi connectivity index (χ2v) is 8.98. The third kappa shape index (κ3) is 4.12. The van der Waals surface area contributed by atoms with Crippen molar-refractivity contribution in [3.05, 3.63) is 82.9 Å². The van der Waals surface area contributed by atoms with Gasteiger partial charge < -0.3 is 9.84 Å². The lowest BCUT2D eigenvalue weighted by atomic mass is 9.88. The van der Waals surface area contributed by atoms with Gasteiger partial charge in [0.25, 0.3) is 0 Å². The van der Waals surface area contributed by atoms with E-state index in [1.807, 2.05) is 43.3 Å². The van der Waals surface area contributed by atoms with Crippen LogP contribution < -0.4 is 4.74 Å². The van der Waals surface area contributed by atoms with Crippen molar-refractivity contribution in [1.29, 1.82) is 0 Å². The van der Waals surface area contributed by atoms with Crippen LogP contribution in [0.1, 0.15) is 60.0 Å². The Hall–Kier alpha value is -3.21. The number of carbonyl (C=O) groups is 1. The van der Waals surface area contributed by atoms with E-state index in [9.17, 15) is 9.90 Å². The van der Waals surface area contributed by atoms with Gasteiger partial charge in [-0.3, -0.25) is 9.78 Å². The van der Waals surface area contributed by atoms with Crippen LogP contribution in [0.2, 0.25) is 0 Å². The minimum absolute atomic E-state index is 0.0152. The first-order chi connectivity index (χ1) is 15.5. The van der Waals surface area contributed by atoms with Gasteiger partial charge in [0, 0.05) is 18.0 Å². The van der Waals surface area contributed by atoms with Gasteiger partial charge in [-0.2, -0.15) is 0 Å². The molecule has 2 aromatic carbocycles. The highest BCUT2D eigenvalue weighted by Crippen LogP contribution is 2.46. The Labute approximate surface area is 187 Å². The minimum atomic E-state index is -0.773. The van der Waals surface area contributed by atoms with Crippen LogP contribution in [0.25, 0.3) is 11.1 Å². The lowest BCUT2D eigenvalue weighted by Crippen LogP contribution is -2.17. The molecule has 0 spiro atoms. The first-order valence-corrected chi connectivity index (χ1v) is 11.2. The Morgan fingerprint density at radius 3 is 2.75 bits per heavy atom. The number of hydrogen-bond acceptors (Lipinski definition) is 3. The smallest absolute Gasteiger partial charge is 0.303 e. The molecule has 0 saturated heterocycles. The number of aliphatic carboxylic acids is 1. The number of aryl methyl sites for hydroxylation is 2. The summed E-state index contributed by atoms with van der Waals surface area (Å²) in [4.78, 5) is 15.5. The SMILES string of the molecule is Cc1cnccc1-c1ccc(C2CCc3ccc(C(CC(=O)O)C4CC4)cc3O2)c(F)c1. The maximum atomic E-state index is 15.1. The van der Waals surface area contributed by atoms with Crippen molar-refractivity contribution in [2.45, 2.75) is 51.0 Å². The number of hydrogen-bond donors (Lipinski definition) is 1. The fraction of sp³-hybridized carbons (Fsp3) is 0.333. The molecule has 0 bridgehead atoms. The zero-order valence-corrected chi connectivity index (χ0v) is 18.1. The number of carboxylic acids is 1. The summed E-state index contributed by atoms with van der Waals surface area (Å²) < 4.78 is 21.4. The average molecular weight is 432 g/mol. The van der Waals surface area contributed by atoms with Gasteiger partial charge in [-0.15, -0.1) is 0 Å². The maximum absolute atomic E-state index is 15.1. The van der Waals surface area contributed by atoms with Gasteiger partial charge in [0.05, 0.1) is 6.42 Å². The van der Waals surface area contributed by atoms with Crippen LogP contribution >= 0.6 is 0 Å². The molecule has 2 unspecified atom stereocenters. The van der Waals surface area contributed by atoms with E-state index in [2.05, 4.69) is 4.98 Å². The van der Waals surface area contributed by atoms with Gasteiger partial charge in [-0.25, -0.2) is 4.39 Å². The molecular weight excluding hydrogens is 405 g/mol. The molecule has 0 radical (unpaired) electrons. The van der Waals surface area contributed by atoms with Gasteiger partial charge in [0.15, 0.2) is 0 Å². The molecule has 5 rings (SSSR count). The molecule has 4 nitrogen and oxygen atoms in total. The standard InChI is InChI=1S/C27H26FNO3/c1-16-15-29-11-10-21(16)19-6-8-22(24(28)12-19)25-9-7-18-4-5-20(13-26(18)32-25)23(14-27(30)31)17-2-3-17/h4-6,8,10-13,15,17,23,25H,2-3,7,9,14H2,1H3,(H,30,31). The van der Waals surface area contributed by atoms with E-state index in [0.717, 1.165) is 52.8 Å². The van der Waals surface area contributed by atoms with Gasteiger partial charge in [0.1, 0.15) is 17.7 Å². The van der Waals surface area contributed by atoms with E-state index in [-0.39, 0.29) is 24.3 Å². The van der Waals surface area contributed by atoms with Gasteiger partial charge in [-0.05, 0) is 90.5 Å². The molecule has 164 valence electrons.